The lowest BCUT2D eigenvalue weighted by molar-refractivity contribution is -0.138. The molecule has 0 aromatic heterocycles. The maximum atomic E-state index is 9.90. The summed E-state index contributed by atoms with van der Waals surface area (Å²) < 4.78 is 4.97. The van der Waals surface area contributed by atoms with Crippen molar-refractivity contribution in [2.24, 2.45) is 0 Å². The lowest BCUT2D eigenvalue weighted by Gasteiger charge is -2.03. The standard InChI is InChI=1S/C6H12O3/c1-5(2)9-4-3-6(7)8/h5H,3-4H2,1-2H3,(H,7,8). The van der Waals surface area contributed by atoms with Crippen LogP contribution in [-0.4, -0.2) is 23.8 Å². The number of ether oxygens (including phenoxy) is 1. The Bertz CT molecular complexity index is 88.3. The van der Waals surface area contributed by atoms with Gasteiger partial charge in [-0.25, -0.2) is 0 Å². The normalized spacial score (nSPS) is 10.1. The molecule has 0 aliphatic rings. The number of carboxylic acid groups (broad SMARTS) is 1. The summed E-state index contributed by atoms with van der Waals surface area (Å²) in [6.07, 6.45) is 0.224. The summed E-state index contributed by atoms with van der Waals surface area (Å²) in [6, 6.07) is 0. The van der Waals surface area contributed by atoms with Crippen molar-refractivity contribution in [1.82, 2.24) is 0 Å². The van der Waals surface area contributed by atoms with Crippen LogP contribution in [0.2, 0.25) is 0 Å². The van der Waals surface area contributed by atoms with E-state index >= 15 is 0 Å². The van der Waals surface area contributed by atoms with Gasteiger partial charge >= 0.3 is 5.97 Å². The Labute approximate surface area is 54.6 Å². The first kappa shape index (κ1) is 8.43. The third kappa shape index (κ3) is 7.43. The highest BCUT2D eigenvalue weighted by Gasteiger charge is 1.97. The SMILES string of the molecule is CC(C)OCCC(=O)O. The Kier molecular flexibility index (Phi) is 4.05. The molecule has 3 nitrogen and oxygen atoms in total. The molecule has 0 aromatic carbocycles. The van der Waals surface area contributed by atoms with Gasteiger partial charge in [0, 0.05) is 0 Å². The van der Waals surface area contributed by atoms with Crippen molar-refractivity contribution in [1.29, 1.82) is 0 Å². The van der Waals surface area contributed by atoms with E-state index in [9.17, 15) is 4.79 Å². The summed E-state index contributed by atoms with van der Waals surface area (Å²) in [5.41, 5.74) is 0. The zero-order valence-electron chi connectivity index (χ0n) is 5.76. The van der Waals surface area contributed by atoms with E-state index in [1.807, 2.05) is 13.8 Å². The number of aliphatic carboxylic acids is 1. The molecule has 0 amide bonds. The van der Waals surface area contributed by atoms with E-state index in [2.05, 4.69) is 0 Å². The van der Waals surface area contributed by atoms with Crippen molar-refractivity contribution >= 4 is 5.97 Å². The average Bonchev–Trinajstić information content (AvgIpc) is 1.63. The summed E-state index contributed by atoms with van der Waals surface area (Å²) in [5, 5.41) is 8.15. The fourth-order valence-corrected chi connectivity index (χ4v) is 0.382. The number of carboxylic acids is 1. The maximum Gasteiger partial charge on any atom is 0.305 e. The van der Waals surface area contributed by atoms with E-state index in [1.165, 1.54) is 0 Å². The first-order chi connectivity index (χ1) is 4.13. The molecule has 0 saturated heterocycles. The Morgan fingerprint density at radius 3 is 2.56 bits per heavy atom. The summed E-state index contributed by atoms with van der Waals surface area (Å²) in [4.78, 5) is 9.90. The molecule has 0 radical (unpaired) electrons. The quantitative estimate of drug-likeness (QED) is 0.617. The van der Waals surface area contributed by atoms with Crippen LogP contribution in [0.1, 0.15) is 20.3 Å². The van der Waals surface area contributed by atoms with Gasteiger partial charge in [-0.15, -0.1) is 0 Å². The second kappa shape index (κ2) is 4.32. The van der Waals surface area contributed by atoms with E-state index in [4.69, 9.17) is 9.84 Å². The van der Waals surface area contributed by atoms with Crippen LogP contribution < -0.4 is 0 Å². The molecule has 0 atom stereocenters. The smallest absolute Gasteiger partial charge is 0.305 e. The van der Waals surface area contributed by atoms with E-state index in [1.54, 1.807) is 0 Å². The van der Waals surface area contributed by atoms with Crippen molar-refractivity contribution in [2.45, 2.75) is 26.4 Å². The highest BCUT2D eigenvalue weighted by Crippen LogP contribution is 1.89. The highest BCUT2D eigenvalue weighted by molar-refractivity contribution is 5.66. The molecule has 54 valence electrons. The molecule has 0 spiro atoms. The van der Waals surface area contributed by atoms with Crippen LogP contribution >= 0.6 is 0 Å². The largest absolute Gasteiger partial charge is 0.481 e. The van der Waals surface area contributed by atoms with Crippen LogP contribution in [0.4, 0.5) is 0 Å². The number of hydrogen-bond acceptors (Lipinski definition) is 2. The molecule has 0 aliphatic carbocycles. The monoisotopic (exact) mass is 132 g/mol. The third-order valence-electron chi connectivity index (χ3n) is 0.767. The summed E-state index contributed by atoms with van der Waals surface area (Å²) >= 11 is 0. The molecular formula is C6H12O3. The minimum Gasteiger partial charge on any atom is -0.481 e. The molecule has 0 bridgehead atoms. The maximum absolute atomic E-state index is 9.90. The van der Waals surface area contributed by atoms with Crippen LogP contribution in [-0.2, 0) is 9.53 Å². The van der Waals surface area contributed by atoms with Gasteiger partial charge in [0.25, 0.3) is 0 Å². The Morgan fingerprint density at radius 1 is 1.67 bits per heavy atom. The van der Waals surface area contributed by atoms with Gasteiger partial charge in [-0.2, -0.15) is 0 Å². The molecule has 1 N–H and O–H groups in total. The van der Waals surface area contributed by atoms with Gasteiger partial charge in [0.15, 0.2) is 0 Å². The van der Waals surface area contributed by atoms with E-state index < -0.39 is 5.97 Å². The van der Waals surface area contributed by atoms with Crippen LogP contribution in [0, 0.1) is 0 Å². The Morgan fingerprint density at radius 2 is 2.22 bits per heavy atom. The molecule has 0 aliphatic heterocycles. The number of rotatable bonds is 4. The van der Waals surface area contributed by atoms with Gasteiger partial charge in [0.2, 0.25) is 0 Å². The minimum atomic E-state index is -0.810. The fraction of sp³-hybridized carbons (Fsp3) is 0.833. The van der Waals surface area contributed by atoms with Gasteiger partial charge in [0.1, 0.15) is 0 Å². The van der Waals surface area contributed by atoms with Gasteiger partial charge in [0.05, 0.1) is 19.1 Å². The fourth-order valence-electron chi connectivity index (χ4n) is 0.382. The second-order valence-electron chi connectivity index (χ2n) is 2.06. The molecule has 0 saturated carbocycles. The first-order valence-corrected chi connectivity index (χ1v) is 2.96. The van der Waals surface area contributed by atoms with E-state index in [0.717, 1.165) is 0 Å². The molecule has 0 heterocycles. The molecule has 0 aromatic rings. The summed E-state index contributed by atoms with van der Waals surface area (Å²) in [5.74, 6) is -0.810. The van der Waals surface area contributed by atoms with Crippen molar-refractivity contribution in [3.63, 3.8) is 0 Å². The lowest BCUT2D eigenvalue weighted by Crippen LogP contribution is -2.07. The van der Waals surface area contributed by atoms with Gasteiger partial charge in [-0.3, -0.25) is 4.79 Å². The van der Waals surface area contributed by atoms with E-state index in [-0.39, 0.29) is 12.5 Å². The average molecular weight is 132 g/mol. The molecule has 0 unspecified atom stereocenters. The predicted octanol–water partition coefficient (Wildman–Crippen LogP) is 0.886. The van der Waals surface area contributed by atoms with Crippen LogP contribution in [0.5, 0.6) is 0 Å². The zero-order valence-corrected chi connectivity index (χ0v) is 5.76. The third-order valence-corrected chi connectivity index (χ3v) is 0.767. The molecule has 9 heavy (non-hydrogen) atoms. The van der Waals surface area contributed by atoms with E-state index in [0.29, 0.717) is 6.61 Å². The van der Waals surface area contributed by atoms with Crippen LogP contribution in [0.3, 0.4) is 0 Å². The van der Waals surface area contributed by atoms with Gasteiger partial charge < -0.3 is 9.84 Å². The molecule has 0 fully saturated rings. The van der Waals surface area contributed by atoms with Gasteiger partial charge in [-0.05, 0) is 13.8 Å². The predicted molar refractivity (Wildman–Crippen MR) is 33.3 cm³/mol. The van der Waals surface area contributed by atoms with Crippen LogP contribution in [0.25, 0.3) is 0 Å². The topological polar surface area (TPSA) is 46.5 Å². The minimum absolute atomic E-state index is 0.0954. The second-order valence-corrected chi connectivity index (χ2v) is 2.06. The van der Waals surface area contributed by atoms with Gasteiger partial charge in [-0.1, -0.05) is 0 Å². The molecule has 0 rings (SSSR count). The first-order valence-electron chi connectivity index (χ1n) is 2.96. The number of carbonyl (C=O) groups is 1. The Balaban J connectivity index is 3.01. The number of hydrogen-bond donors (Lipinski definition) is 1. The lowest BCUT2D eigenvalue weighted by atomic mass is 10.4. The zero-order chi connectivity index (χ0) is 7.28. The molecule has 3 heteroatoms. The van der Waals surface area contributed by atoms with Crippen molar-refractivity contribution < 1.29 is 14.6 Å². The summed E-state index contributed by atoms with van der Waals surface area (Å²) in [6.45, 7) is 4.07. The highest BCUT2D eigenvalue weighted by atomic mass is 16.5. The van der Waals surface area contributed by atoms with Crippen molar-refractivity contribution in [2.75, 3.05) is 6.61 Å². The summed E-state index contributed by atoms with van der Waals surface area (Å²) in [7, 11) is 0. The van der Waals surface area contributed by atoms with Crippen LogP contribution in [0.15, 0.2) is 0 Å². The van der Waals surface area contributed by atoms with Crippen molar-refractivity contribution in [3.05, 3.63) is 0 Å². The van der Waals surface area contributed by atoms with Crippen molar-refractivity contribution in [3.8, 4) is 0 Å². The molecular weight excluding hydrogens is 120 g/mol. The Hall–Kier alpha value is -0.570.